The smallest absolute Gasteiger partial charge is 0.232 e. The SMILES string of the molecule is CN1CCN(CCC(=O)N(c2ccccc2)c2ccccc2)CC1. The van der Waals surface area contributed by atoms with Crippen LogP contribution in [0.5, 0.6) is 0 Å². The molecule has 4 heteroatoms. The molecule has 1 aliphatic heterocycles. The van der Waals surface area contributed by atoms with Gasteiger partial charge in [-0.05, 0) is 31.3 Å². The van der Waals surface area contributed by atoms with Gasteiger partial charge < -0.3 is 9.80 Å². The molecule has 126 valence electrons. The Kier molecular flexibility index (Phi) is 5.62. The van der Waals surface area contributed by atoms with Crippen LogP contribution < -0.4 is 4.90 Å². The van der Waals surface area contributed by atoms with Crippen molar-refractivity contribution in [1.29, 1.82) is 0 Å². The van der Waals surface area contributed by atoms with E-state index < -0.39 is 0 Å². The van der Waals surface area contributed by atoms with E-state index in [0.717, 1.165) is 44.1 Å². The molecule has 1 aliphatic rings. The van der Waals surface area contributed by atoms with Gasteiger partial charge in [-0.3, -0.25) is 9.69 Å². The van der Waals surface area contributed by atoms with E-state index in [-0.39, 0.29) is 5.91 Å². The lowest BCUT2D eigenvalue weighted by atomic mass is 10.2. The summed E-state index contributed by atoms with van der Waals surface area (Å²) in [6.45, 7) is 5.06. The summed E-state index contributed by atoms with van der Waals surface area (Å²) in [5.74, 6) is 0.145. The number of likely N-dealkylation sites (N-methyl/N-ethyl adjacent to an activating group) is 1. The third kappa shape index (κ3) is 4.22. The fourth-order valence-corrected chi connectivity index (χ4v) is 3.03. The molecule has 4 nitrogen and oxygen atoms in total. The fraction of sp³-hybridized carbons (Fsp3) is 0.350. The average Bonchev–Trinajstić information content (AvgIpc) is 2.63. The van der Waals surface area contributed by atoms with E-state index in [1.165, 1.54) is 0 Å². The van der Waals surface area contributed by atoms with E-state index in [0.29, 0.717) is 6.42 Å². The van der Waals surface area contributed by atoms with Crippen LogP contribution in [0.2, 0.25) is 0 Å². The molecule has 0 saturated carbocycles. The minimum Gasteiger partial charge on any atom is -0.304 e. The zero-order chi connectivity index (χ0) is 16.8. The number of anilines is 2. The Labute approximate surface area is 144 Å². The highest BCUT2D eigenvalue weighted by atomic mass is 16.2. The highest BCUT2D eigenvalue weighted by molar-refractivity contribution is 6.00. The third-order valence-corrected chi connectivity index (χ3v) is 4.52. The summed E-state index contributed by atoms with van der Waals surface area (Å²) >= 11 is 0. The minimum absolute atomic E-state index is 0.145. The van der Waals surface area contributed by atoms with E-state index in [4.69, 9.17) is 0 Å². The van der Waals surface area contributed by atoms with E-state index in [9.17, 15) is 4.79 Å². The monoisotopic (exact) mass is 323 g/mol. The summed E-state index contributed by atoms with van der Waals surface area (Å²) in [5.41, 5.74) is 1.85. The minimum atomic E-state index is 0.145. The van der Waals surface area contributed by atoms with Crippen molar-refractivity contribution in [3.8, 4) is 0 Å². The first kappa shape index (κ1) is 16.7. The van der Waals surface area contributed by atoms with E-state index in [2.05, 4.69) is 16.8 Å². The van der Waals surface area contributed by atoms with Crippen LogP contribution in [0.1, 0.15) is 6.42 Å². The average molecular weight is 323 g/mol. The lowest BCUT2D eigenvalue weighted by Gasteiger charge is -2.32. The maximum absolute atomic E-state index is 12.9. The van der Waals surface area contributed by atoms with Crippen LogP contribution in [0.15, 0.2) is 60.7 Å². The molecule has 1 saturated heterocycles. The van der Waals surface area contributed by atoms with Crippen LogP contribution in [-0.4, -0.2) is 55.5 Å². The van der Waals surface area contributed by atoms with Gasteiger partial charge in [0.25, 0.3) is 0 Å². The molecule has 0 aromatic heterocycles. The summed E-state index contributed by atoms with van der Waals surface area (Å²) in [6.07, 6.45) is 0.535. The molecule has 2 aromatic rings. The zero-order valence-electron chi connectivity index (χ0n) is 14.3. The number of para-hydroxylation sites is 2. The third-order valence-electron chi connectivity index (χ3n) is 4.52. The highest BCUT2D eigenvalue weighted by Gasteiger charge is 2.20. The Balaban J connectivity index is 1.70. The summed E-state index contributed by atoms with van der Waals surface area (Å²) in [7, 11) is 2.15. The zero-order valence-corrected chi connectivity index (χ0v) is 14.3. The van der Waals surface area contributed by atoms with Crippen molar-refractivity contribution in [2.75, 3.05) is 44.7 Å². The van der Waals surface area contributed by atoms with Gasteiger partial charge in [0.15, 0.2) is 0 Å². The first-order chi connectivity index (χ1) is 11.7. The molecule has 24 heavy (non-hydrogen) atoms. The number of benzene rings is 2. The first-order valence-corrected chi connectivity index (χ1v) is 8.58. The van der Waals surface area contributed by atoms with Crippen molar-refractivity contribution in [3.63, 3.8) is 0 Å². The van der Waals surface area contributed by atoms with Crippen molar-refractivity contribution in [2.45, 2.75) is 6.42 Å². The molecule has 0 spiro atoms. The second-order valence-electron chi connectivity index (χ2n) is 6.30. The number of piperazine rings is 1. The topological polar surface area (TPSA) is 26.8 Å². The van der Waals surface area contributed by atoms with Crippen LogP contribution >= 0.6 is 0 Å². The number of amides is 1. The molecule has 0 atom stereocenters. The van der Waals surface area contributed by atoms with Crippen molar-refractivity contribution in [1.82, 2.24) is 9.80 Å². The Morgan fingerprint density at radius 3 is 1.88 bits per heavy atom. The van der Waals surface area contributed by atoms with Gasteiger partial charge in [-0.15, -0.1) is 0 Å². The summed E-state index contributed by atoms with van der Waals surface area (Å²) in [6, 6.07) is 19.8. The van der Waals surface area contributed by atoms with Crippen LogP contribution in [-0.2, 0) is 4.79 Å². The van der Waals surface area contributed by atoms with E-state index in [1.54, 1.807) is 0 Å². The fourth-order valence-electron chi connectivity index (χ4n) is 3.03. The van der Waals surface area contributed by atoms with Gasteiger partial charge >= 0.3 is 0 Å². The summed E-state index contributed by atoms with van der Waals surface area (Å²) < 4.78 is 0. The van der Waals surface area contributed by atoms with Crippen LogP contribution in [0.25, 0.3) is 0 Å². The molecule has 1 amide bonds. The molecular formula is C20H25N3O. The second kappa shape index (κ2) is 8.08. The Hall–Kier alpha value is -2.17. The van der Waals surface area contributed by atoms with Crippen LogP contribution in [0, 0.1) is 0 Å². The van der Waals surface area contributed by atoms with E-state index in [1.807, 2.05) is 65.6 Å². The van der Waals surface area contributed by atoms with Gasteiger partial charge in [-0.25, -0.2) is 0 Å². The van der Waals surface area contributed by atoms with Gasteiger partial charge in [-0.2, -0.15) is 0 Å². The second-order valence-corrected chi connectivity index (χ2v) is 6.30. The summed E-state index contributed by atoms with van der Waals surface area (Å²) in [5, 5.41) is 0. The number of hydrogen-bond acceptors (Lipinski definition) is 3. The number of rotatable bonds is 5. The molecular weight excluding hydrogens is 298 g/mol. The van der Waals surface area contributed by atoms with Crippen molar-refractivity contribution < 1.29 is 4.79 Å². The number of nitrogens with zero attached hydrogens (tertiary/aromatic N) is 3. The lowest BCUT2D eigenvalue weighted by molar-refractivity contribution is -0.118. The lowest BCUT2D eigenvalue weighted by Crippen LogP contribution is -2.45. The van der Waals surface area contributed by atoms with Gasteiger partial charge in [0.05, 0.1) is 0 Å². The van der Waals surface area contributed by atoms with Crippen LogP contribution in [0.4, 0.5) is 11.4 Å². The normalized spacial score (nSPS) is 16.0. The van der Waals surface area contributed by atoms with Crippen LogP contribution in [0.3, 0.4) is 0 Å². The van der Waals surface area contributed by atoms with Gasteiger partial charge in [0, 0.05) is 50.5 Å². The highest BCUT2D eigenvalue weighted by Crippen LogP contribution is 2.25. The predicted molar refractivity (Wildman–Crippen MR) is 98.6 cm³/mol. The number of hydrogen-bond donors (Lipinski definition) is 0. The number of carbonyl (C=O) groups is 1. The standard InChI is InChI=1S/C20H25N3O/c1-21-14-16-22(17-15-21)13-12-20(24)23(18-8-4-2-5-9-18)19-10-6-3-7-11-19/h2-11H,12-17H2,1H3. The molecule has 1 fully saturated rings. The molecule has 0 bridgehead atoms. The predicted octanol–water partition coefficient (Wildman–Crippen LogP) is 2.99. The molecule has 1 heterocycles. The van der Waals surface area contributed by atoms with Gasteiger partial charge in [0.1, 0.15) is 0 Å². The molecule has 0 unspecified atom stereocenters. The largest absolute Gasteiger partial charge is 0.304 e. The maximum atomic E-state index is 12.9. The quantitative estimate of drug-likeness (QED) is 0.846. The molecule has 0 radical (unpaired) electrons. The maximum Gasteiger partial charge on any atom is 0.232 e. The Morgan fingerprint density at radius 1 is 0.875 bits per heavy atom. The Bertz CT molecular complexity index is 597. The van der Waals surface area contributed by atoms with Crippen molar-refractivity contribution in [3.05, 3.63) is 60.7 Å². The molecule has 3 rings (SSSR count). The van der Waals surface area contributed by atoms with Crippen molar-refractivity contribution >= 4 is 17.3 Å². The van der Waals surface area contributed by atoms with Gasteiger partial charge in [0.2, 0.25) is 5.91 Å². The number of carbonyl (C=O) groups excluding carboxylic acids is 1. The molecule has 0 N–H and O–H groups in total. The van der Waals surface area contributed by atoms with Gasteiger partial charge in [-0.1, -0.05) is 36.4 Å². The summed E-state index contributed by atoms with van der Waals surface area (Å²) in [4.78, 5) is 19.5. The van der Waals surface area contributed by atoms with Crippen molar-refractivity contribution in [2.24, 2.45) is 0 Å². The first-order valence-electron chi connectivity index (χ1n) is 8.58. The molecule has 2 aromatic carbocycles. The van der Waals surface area contributed by atoms with E-state index >= 15 is 0 Å². The molecule has 0 aliphatic carbocycles. The Morgan fingerprint density at radius 2 is 1.38 bits per heavy atom.